The zero-order chi connectivity index (χ0) is 10.7. The second-order valence-electron chi connectivity index (χ2n) is 3.59. The Morgan fingerprint density at radius 1 is 1.43 bits per heavy atom. The molecule has 0 spiro atoms. The topological polar surface area (TPSA) is 3.24 Å². The van der Waals surface area contributed by atoms with Gasteiger partial charge in [0.25, 0.3) is 0 Å². The van der Waals surface area contributed by atoms with Gasteiger partial charge in [0.15, 0.2) is 0 Å². The highest BCUT2D eigenvalue weighted by atomic mass is 35.5. The molecule has 0 aliphatic carbocycles. The van der Waals surface area contributed by atoms with Crippen LogP contribution in [0.4, 0.5) is 10.1 Å². The predicted octanol–water partition coefficient (Wildman–Crippen LogP) is 3.41. The molecule has 0 heterocycles. The van der Waals surface area contributed by atoms with Crippen molar-refractivity contribution in [2.24, 2.45) is 0 Å². The van der Waals surface area contributed by atoms with E-state index in [1.165, 1.54) is 6.07 Å². The second kappa shape index (κ2) is 4.65. The van der Waals surface area contributed by atoms with E-state index in [0.29, 0.717) is 11.6 Å². The summed E-state index contributed by atoms with van der Waals surface area (Å²) in [4.78, 5) is 1.90. The summed E-state index contributed by atoms with van der Waals surface area (Å²) >= 11 is 5.76. The highest BCUT2D eigenvalue weighted by Gasteiger charge is 2.14. The number of nitrogens with zero attached hydrogens (tertiary/aromatic N) is 1. The number of anilines is 1. The molecule has 0 radical (unpaired) electrons. The van der Waals surface area contributed by atoms with Crippen molar-refractivity contribution in [1.29, 1.82) is 0 Å². The van der Waals surface area contributed by atoms with E-state index in [9.17, 15) is 4.39 Å². The van der Waals surface area contributed by atoms with Crippen molar-refractivity contribution in [3.63, 3.8) is 0 Å². The van der Waals surface area contributed by atoms with Crippen LogP contribution >= 0.6 is 11.6 Å². The molecule has 1 rings (SSSR count). The number of benzene rings is 1. The van der Waals surface area contributed by atoms with Crippen molar-refractivity contribution in [2.75, 3.05) is 11.9 Å². The molecule has 0 aliphatic rings. The molecule has 0 aromatic heterocycles. The molecule has 0 saturated carbocycles. The molecule has 0 N–H and O–H groups in total. The average Bonchev–Trinajstić information content (AvgIpc) is 2.16. The molecule has 0 unspecified atom stereocenters. The van der Waals surface area contributed by atoms with Crippen LogP contribution in [0.1, 0.15) is 19.4 Å². The minimum absolute atomic E-state index is 0.209. The van der Waals surface area contributed by atoms with E-state index in [1.807, 2.05) is 31.9 Å². The number of para-hydroxylation sites is 1. The lowest BCUT2D eigenvalue weighted by Gasteiger charge is -2.26. The lowest BCUT2D eigenvalue weighted by atomic mass is 10.1. The van der Waals surface area contributed by atoms with E-state index < -0.39 is 0 Å². The van der Waals surface area contributed by atoms with E-state index in [0.717, 1.165) is 5.56 Å². The fourth-order valence-corrected chi connectivity index (χ4v) is 1.54. The second-order valence-corrected chi connectivity index (χ2v) is 3.85. The van der Waals surface area contributed by atoms with E-state index in [1.54, 1.807) is 6.07 Å². The highest BCUT2D eigenvalue weighted by molar-refractivity contribution is 6.17. The van der Waals surface area contributed by atoms with Crippen LogP contribution in [0, 0.1) is 5.82 Å². The number of hydrogen-bond acceptors (Lipinski definition) is 1. The fourth-order valence-electron chi connectivity index (χ4n) is 1.32. The standard InChI is InChI=1S/C11H15ClFN/c1-8(2)14(3)11-9(7-12)5-4-6-10(11)13/h4-6,8H,7H2,1-3H3. The van der Waals surface area contributed by atoms with Crippen molar-refractivity contribution in [3.05, 3.63) is 29.6 Å². The van der Waals surface area contributed by atoms with Gasteiger partial charge in [-0.1, -0.05) is 12.1 Å². The van der Waals surface area contributed by atoms with E-state index >= 15 is 0 Å². The Balaban J connectivity index is 3.16. The first-order chi connectivity index (χ1) is 6.57. The van der Waals surface area contributed by atoms with Gasteiger partial charge in [0.05, 0.1) is 5.69 Å². The van der Waals surface area contributed by atoms with E-state index in [2.05, 4.69) is 0 Å². The Labute approximate surface area is 89.5 Å². The van der Waals surface area contributed by atoms with Crippen LogP contribution in [0.25, 0.3) is 0 Å². The Hall–Kier alpha value is -0.760. The van der Waals surface area contributed by atoms with Crippen molar-refractivity contribution < 1.29 is 4.39 Å². The van der Waals surface area contributed by atoms with Gasteiger partial charge in [0.1, 0.15) is 5.82 Å². The van der Waals surface area contributed by atoms with Crippen molar-refractivity contribution in [1.82, 2.24) is 0 Å². The first kappa shape index (κ1) is 11.3. The molecular formula is C11H15ClFN. The molecule has 3 heteroatoms. The van der Waals surface area contributed by atoms with E-state index in [4.69, 9.17) is 11.6 Å². The molecule has 14 heavy (non-hydrogen) atoms. The molecule has 0 amide bonds. The zero-order valence-corrected chi connectivity index (χ0v) is 9.48. The molecule has 0 fully saturated rings. The number of rotatable bonds is 3. The minimum Gasteiger partial charge on any atom is -0.370 e. The van der Waals surface area contributed by atoms with Gasteiger partial charge in [-0.05, 0) is 25.5 Å². The quantitative estimate of drug-likeness (QED) is 0.699. The molecule has 1 nitrogen and oxygen atoms in total. The number of alkyl halides is 1. The summed E-state index contributed by atoms with van der Waals surface area (Å²) in [5, 5.41) is 0. The van der Waals surface area contributed by atoms with Gasteiger partial charge < -0.3 is 4.90 Å². The molecule has 0 aliphatic heterocycles. The van der Waals surface area contributed by atoms with Gasteiger partial charge in [-0.15, -0.1) is 11.6 Å². The maximum Gasteiger partial charge on any atom is 0.146 e. The van der Waals surface area contributed by atoms with Gasteiger partial charge in [-0.2, -0.15) is 0 Å². The summed E-state index contributed by atoms with van der Waals surface area (Å²) < 4.78 is 13.5. The summed E-state index contributed by atoms with van der Waals surface area (Å²) in [6.45, 7) is 4.04. The third-order valence-electron chi connectivity index (χ3n) is 2.34. The predicted molar refractivity (Wildman–Crippen MR) is 59.5 cm³/mol. The summed E-state index contributed by atoms with van der Waals surface area (Å²) in [6.07, 6.45) is 0. The fraction of sp³-hybridized carbons (Fsp3) is 0.455. The first-order valence-corrected chi connectivity index (χ1v) is 5.17. The summed E-state index contributed by atoms with van der Waals surface area (Å²) in [5.74, 6) is 0.129. The Kier molecular flexibility index (Phi) is 3.76. The van der Waals surface area contributed by atoms with Crippen LogP contribution in [-0.2, 0) is 5.88 Å². The maximum absolute atomic E-state index is 13.5. The minimum atomic E-state index is -0.209. The zero-order valence-electron chi connectivity index (χ0n) is 8.72. The Morgan fingerprint density at radius 2 is 2.07 bits per heavy atom. The SMILES string of the molecule is CC(C)N(C)c1c(F)cccc1CCl. The summed E-state index contributed by atoms with van der Waals surface area (Å²) in [6, 6.07) is 5.26. The highest BCUT2D eigenvalue weighted by Crippen LogP contribution is 2.26. The van der Waals surface area contributed by atoms with Gasteiger partial charge >= 0.3 is 0 Å². The Bertz CT molecular complexity index is 312. The van der Waals surface area contributed by atoms with Crippen LogP contribution in [0.2, 0.25) is 0 Å². The van der Waals surface area contributed by atoms with Crippen molar-refractivity contribution >= 4 is 17.3 Å². The largest absolute Gasteiger partial charge is 0.370 e. The Morgan fingerprint density at radius 3 is 2.57 bits per heavy atom. The van der Waals surface area contributed by atoms with Crippen LogP contribution in [-0.4, -0.2) is 13.1 Å². The molecule has 1 aromatic carbocycles. The average molecular weight is 216 g/mol. The lowest BCUT2D eigenvalue weighted by molar-refractivity contribution is 0.612. The van der Waals surface area contributed by atoms with Crippen LogP contribution < -0.4 is 4.90 Å². The molecule has 0 atom stereocenters. The van der Waals surface area contributed by atoms with Crippen LogP contribution in [0.5, 0.6) is 0 Å². The van der Waals surface area contributed by atoms with Gasteiger partial charge in [-0.25, -0.2) is 4.39 Å². The van der Waals surface area contributed by atoms with Crippen LogP contribution in [0.15, 0.2) is 18.2 Å². The van der Waals surface area contributed by atoms with Gasteiger partial charge in [0, 0.05) is 19.0 Å². The molecule has 78 valence electrons. The van der Waals surface area contributed by atoms with Crippen molar-refractivity contribution in [3.8, 4) is 0 Å². The summed E-state index contributed by atoms with van der Waals surface area (Å²) in [7, 11) is 1.87. The van der Waals surface area contributed by atoms with Gasteiger partial charge in [0.2, 0.25) is 0 Å². The maximum atomic E-state index is 13.5. The third kappa shape index (κ3) is 2.18. The first-order valence-electron chi connectivity index (χ1n) is 4.64. The van der Waals surface area contributed by atoms with Gasteiger partial charge in [-0.3, -0.25) is 0 Å². The molecule has 0 bridgehead atoms. The van der Waals surface area contributed by atoms with Crippen molar-refractivity contribution in [2.45, 2.75) is 25.8 Å². The van der Waals surface area contributed by atoms with E-state index in [-0.39, 0.29) is 11.9 Å². The third-order valence-corrected chi connectivity index (χ3v) is 2.63. The van der Waals surface area contributed by atoms with Crippen LogP contribution in [0.3, 0.4) is 0 Å². The summed E-state index contributed by atoms with van der Waals surface area (Å²) in [5.41, 5.74) is 1.44. The monoisotopic (exact) mass is 215 g/mol. The number of hydrogen-bond donors (Lipinski definition) is 0. The molecular weight excluding hydrogens is 201 g/mol. The normalized spacial score (nSPS) is 10.7. The smallest absolute Gasteiger partial charge is 0.146 e. The number of halogens is 2. The lowest BCUT2D eigenvalue weighted by Crippen LogP contribution is -2.27. The molecule has 0 saturated heterocycles. The molecule has 1 aromatic rings.